The Morgan fingerprint density at radius 2 is 1.78 bits per heavy atom. The van der Waals surface area contributed by atoms with Gasteiger partial charge in [0, 0.05) is 50.6 Å². The predicted molar refractivity (Wildman–Crippen MR) is 140 cm³/mol. The molecular formula is C29H39N5O2. The van der Waals surface area contributed by atoms with Crippen molar-refractivity contribution in [3.63, 3.8) is 0 Å². The van der Waals surface area contributed by atoms with Gasteiger partial charge < -0.3 is 14.2 Å². The molecule has 7 heteroatoms. The van der Waals surface area contributed by atoms with Gasteiger partial charge in [-0.15, -0.1) is 0 Å². The first-order valence-corrected chi connectivity index (χ1v) is 14.1. The molecule has 1 unspecified atom stereocenters. The van der Waals surface area contributed by atoms with Crippen LogP contribution in [0.2, 0.25) is 0 Å². The van der Waals surface area contributed by atoms with Crippen LogP contribution in [0.3, 0.4) is 0 Å². The van der Waals surface area contributed by atoms with Gasteiger partial charge in [-0.25, -0.2) is 9.67 Å². The second-order valence-corrected chi connectivity index (χ2v) is 11.1. The second-order valence-electron chi connectivity index (χ2n) is 11.1. The van der Waals surface area contributed by atoms with Crippen LogP contribution in [0.1, 0.15) is 76.9 Å². The van der Waals surface area contributed by atoms with Crippen molar-refractivity contribution in [1.29, 1.82) is 0 Å². The lowest BCUT2D eigenvalue weighted by molar-refractivity contribution is -0.133. The van der Waals surface area contributed by atoms with Crippen LogP contribution >= 0.6 is 0 Å². The maximum atomic E-state index is 12.8. The number of nitrogens with zero attached hydrogens (tertiary/aromatic N) is 5. The topological polar surface area (TPSA) is 65.2 Å². The van der Waals surface area contributed by atoms with Gasteiger partial charge in [-0.1, -0.05) is 19.3 Å². The Kier molecular flexibility index (Phi) is 7.08. The highest BCUT2D eigenvalue weighted by Crippen LogP contribution is 2.29. The highest BCUT2D eigenvalue weighted by molar-refractivity contribution is 5.79. The van der Waals surface area contributed by atoms with Gasteiger partial charge in [0.15, 0.2) is 0 Å². The van der Waals surface area contributed by atoms with Gasteiger partial charge >= 0.3 is 0 Å². The molecule has 3 aliphatic rings. The number of aromatic nitrogens is 4. The van der Waals surface area contributed by atoms with E-state index in [-0.39, 0.29) is 6.23 Å². The molecule has 5 heterocycles. The zero-order chi connectivity index (χ0) is 24.3. The molecule has 1 saturated carbocycles. The standard InChI is InChI=1S/C29H39N5O2/c35-28(18-22-6-2-1-3-7-22)32-14-11-23(12-15-32)20-33-16-13-26-27(33)10-9-25(31-26)24-19-30-34(21-24)29-8-4-5-17-36-29/h9-10,13,16,19,21-23,29H,1-8,11-12,14-15,17-18,20H2. The van der Waals surface area contributed by atoms with Gasteiger partial charge in [0.1, 0.15) is 6.23 Å². The number of hydrogen-bond acceptors (Lipinski definition) is 4. The fourth-order valence-corrected chi connectivity index (χ4v) is 6.36. The average molecular weight is 490 g/mol. The van der Waals surface area contributed by atoms with Crippen molar-refractivity contribution < 1.29 is 9.53 Å². The number of hydrogen-bond donors (Lipinski definition) is 0. The summed E-state index contributed by atoms with van der Waals surface area (Å²) in [6.07, 6.45) is 18.9. The Balaban J connectivity index is 1.05. The largest absolute Gasteiger partial charge is 0.357 e. The van der Waals surface area contributed by atoms with E-state index in [9.17, 15) is 4.79 Å². The molecule has 0 bridgehead atoms. The van der Waals surface area contributed by atoms with E-state index in [1.54, 1.807) is 0 Å². The molecule has 3 fully saturated rings. The van der Waals surface area contributed by atoms with Crippen LogP contribution in [-0.2, 0) is 16.1 Å². The van der Waals surface area contributed by atoms with Crippen LogP contribution in [0.25, 0.3) is 22.3 Å². The maximum absolute atomic E-state index is 12.8. The summed E-state index contributed by atoms with van der Waals surface area (Å²) in [6, 6.07) is 6.42. The molecule has 0 radical (unpaired) electrons. The molecule has 2 saturated heterocycles. The number of rotatable bonds is 6. The van der Waals surface area contributed by atoms with E-state index in [2.05, 4.69) is 45.2 Å². The SMILES string of the molecule is O=C(CC1CCCCC1)N1CCC(Cn2ccc3nc(-c4cnn(C5CCCCO5)c4)ccc32)CC1. The minimum atomic E-state index is 0.0475. The van der Waals surface area contributed by atoms with Crippen molar-refractivity contribution in [3.05, 3.63) is 36.8 Å². The zero-order valence-electron chi connectivity index (χ0n) is 21.4. The number of fused-ring (bicyclic) bond motifs is 1. The summed E-state index contributed by atoms with van der Waals surface area (Å²) in [5, 5.41) is 4.55. The van der Waals surface area contributed by atoms with Gasteiger partial charge in [-0.05, 0) is 75.0 Å². The van der Waals surface area contributed by atoms with E-state index in [1.165, 1.54) is 44.0 Å². The van der Waals surface area contributed by atoms with E-state index in [1.807, 2.05) is 10.9 Å². The number of pyridine rings is 1. The van der Waals surface area contributed by atoms with E-state index in [0.717, 1.165) is 75.1 Å². The number of piperidine rings is 1. The zero-order valence-corrected chi connectivity index (χ0v) is 21.4. The molecule has 0 spiro atoms. The minimum absolute atomic E-state index is 0.0475. The molecule has 6 rings (SSSR count). The van der Waals surface area contributed by atoms with E-state index < -0.39 is 0 Å². The van der Waals surface area contributed by atoms with Crippen LogP contribution < -0.4 is 0 Å². The molecule has 192 valence electrons. The number of amides is 1. The quantitative estimate of drug-likeness (QED) is 0.438. The first-order chi connectivity index (χ1) is 17.7. The highest BCUT2D eigenvalue weighted by Gasteiger charge is 2.26. The summed E-state index contributed by atoms with van der Waals surface area (Å²) >= 11 is 0. The molecular weight excluding hydrogens is 450 g/mol. The van der Waals surface area contributed by atoms with E-state index in [0.29, 0.717) is 17.7 Å². The summed E-state index contributed by atoms with van der Waals surface area (Å²) in [7, 11) is 0. The molecule has 36 heavy (non-hydrogen) atoms. The van der Waals surface area contributed by atoms with Crippen molar-refractivity contribution in [2.45, 2.75) is 83.4 Å². The van der Waals surface area contributed by atoms with Gasteiger partial charge in [0.2, 0.25) is 5.91 Å². The van der Waals surface area contributed by atoms with Gasteiger partial charge in [0.25, 0.3) is 0 Å². The Hall–Kier alpha value is -2.67. The molecule has 0 aromatic carbocycles. The lowest BCUT2D eigenvalue weighted by Crippen LogP contribution is -2.40. The van der Waals surface area contributed by atoms with Crippen molar-refractivity contribution in [3.8, 4) is 11.3 Å². The second kappa shape index (κ2) is 10.8. The number of carbonyl (C=O) groups excluding carboxylic acids is 1. The van der Waals surface area contributed by atoms with Gasteiger partial charge in [-0.2, -0.15) is 5.10 Å². The smallest absolute Gasteiger partial charge is 0.222 e. The third-order valence-corrected chi connectivity index (χ3v) is 8.58. The van der Waals surface area contributed by atoms with E-state index >= 15 is 0 Å². The van der Waals surface area contributed by atoms with Crippen molar-refractivity contribution in [2.24, 2.45) is 11.8 Å². The molecule has 1 amide bonds. The lowest BCUT2D eigenvalue weighted by atomic mass is 9.86. The Morgan fingerprint density at radius 1 is 0.944 bits per heavy atom. The van der Waals surface area contributed by atoms with E-state index in [4.69, 9.17) is 9.72 Å². The Labute approximate surface area is 213 Å². The molecule has 2 aliphatic heterocycles. The molecule has 0 N–H and O–H groups in total. The maximum Gasteiger partial charge on any atom is 0.222 e. The minimum Gasteiger partial charge on any atom is -0.357 e. The third-order valence-electron chi connectivity index (χ3n) is 8.58. The van der Waals surface area contributed by atoms with Crippen LogP contribution in [-0.4, -0.2) is 49.8 Å². The first kappa shape index (κ1) is 23.7. The molecule has 1 atom stereocenters. The lowest BCUT2D eigenvalue weighted by Gasteiger charge is -2.33. The van der Waals surface area contributed by atoms with Gasteiger partial charge in [0.05, 0.1) is 22.9 Å². The molecule has 1 aliphatic carbocycles. The van der Waals surface area contributed by atoms with Crippen molar-refractivity contribution in [2.75, 3.05) is 19.7 Å². The first-order valence-electron chi connectivity index (χ1n) is 14.1. The van der Waals surface area contributed by atoms with Crippen LogP contribution in [0.4, 0.5) is 0 Å². The number of likely N-dealkylation sites (tertiary alicyclic amines) is 1. The average Bonchev–Trinajstić information content (AvgIpc) is 3.58. The normalized spacial score (nSPS) is 22.3. The van der Waals surface area contributed by atoms with Crippen LogP contribution in [0.15, 0.2) is 36.8 Å². The highest BCUT2D eigenvalue weighted by atomic mass is 16.5. The Bertz CT molecular complexity index is 1160. The summed E-state index contributed by atoms with van der Waals surface area (Å²) in [5.74, 6) is 1.62. The van der Waals surface area contributed by atoms with Gasteiger partial charge in [-0.3, -0.25) is 4.79 Å². The summed E-state index contributed by atoms with van der Waals surface area (Å²) in [4.78, 5) is 19.9. The van der Waals surface area contributed by atoms with Crippen molar-refractivity contribution >= 4 is 16.9 Å². The fraction of sp³-hybridized carbons (Fsp3) is 0.621. The molecule has 3 aromatic rings. The van der Waals surface area contributed by atoms with Crippen molar-refractivity contribution in [1.82, 2.24) is 24.2 Å². The summed E-state index contributed by atoms with van der Waals surface area (Å²) in [6.45, 7) is 3.62. The molecule has 3 aromatic heterocycles. The fourth-order valence-electron chi connectivity index (χ4n) is 6.36. The Morgan fingerprint density at radius 3 is 2.58 bits per heavy atom. The van der Waals surface area contributed by atoms with Crippen LogP contribution in [0.5, 0.6) is 0 Å². The summed E-state index contributed by atoms with van der Waals surface area (Å²) in [5.41, 5.74) is 4.18. The number of ether oxygens (including phenoxy) is 1. The molecule has 7 nitrogen and oxygen atoms in total. The monoisotopic (exact) mass is 489 g/mol. The summed E-state index contributed by atoms with van der Waals surface area (Å²) < 4.78 is 10.2. The predicted octanol–water partition coefficient (Wildman–Crippen LogP) is 5.81. The third kappa shape index (κ3) is 5.22. The number of carbonyl (C=O) groups is 1. The van der Waals surface area contributed by atoms with Crippen LogP contribution in [0, 0.1) is 11.8 Å².